The van der Waals surface area contributed by atoms with E-state index in [0.717, 1.165) is 12.8 Å². The highest BCUT2D eigenvalue weighted by Gasteiger charge is 2.30. The molecule has 1 aliphatic rings. The van der Waals surface area contributed by atoms with Crippen LogP contribution in [0.1, 0.15) is 32.1 Å². The maximum atomic E-state index is 11.8. The van der Waals surface area contributed by atoms with Crippen molar-refractivity contribution in [1.82, 2.24) is 10.2 Å². The number of carbonyl (C=O) groups is 3. The number of piperidine rings is 1. The van der Waals surface area contributed by atoms with Gasteiger partial charge in [0.1, 0.15) is 6.04 Å². The van der Waals surface area contributed by atoms with Gasteiger partial charge in [-0.2, -0.15) is 0 Å². The number of esters is 1. The number of hydrogen-bond acceptors (Lipinski definition) is 5. The Morgan fingerprint density at radius 3 is 2.75 bits per heavy atom. The molecule has 7 nitrogen and oxygen atoms in total. The van der Waals surface area contributed by atoms with Crippen LogP contribution in [0, 0.1) is 0 Å². The second-order valence-corrected chi connectivity index (χ2v) is 4.85. The second-order valence-electron chi connectivity index (χ2n) is 4.85. The first-order valence-corrected chi connectivity index (χ1v) is 6.85. The standard InChI is InChI=1S/C13H22N2O5/c1-20-13(19)10-5-2-3-8-15(10)9-11(16)14-7-4-6-12(17)18/h10H,2-9H2,1H3,(H,14,16)(H,17,18)/t10-/m1/s1. The molecule has 0 aliphatic carbocycles. The number of amides is 1. The fourth-order valence-corrected chi connectivity index (χ4v) is 2.29. The summed E-state index contributed by atoms with van der Waals surface area (Å²) in [6.07, 6.45) is 3.06. The van der Waals surface area contributed by atoms with Crippen LogP contribution in [0.4, 0.5) is 0 Å². The van der Waals surface area contributed by atoms with Gasteiger partial charge in [-0.25, -0.2) is 0 Å². The number of likely N-dealkylation sites (tertiary alicyclic amines) is 1. The van der Waals surface area contributed by atoms with Crippen molar-refractivity contribution in [2.24, 2.45) is 0 Å². The molecule has 0 bridgehead atoms. The minimum Gasteiger partial charge on any atom is -0.481 e. The van der Waals surface area contributed by atoms with Gasteiger partial charge < -0.3 is 15.2 Å². The summed E-state index contributed by atoms with van der Waals surface area (Å²) in [6.45, 7) is 1.18. The molecule has 1 atom stereocenters. The van der Waals surface area contributed by atoms with Crippen LogP contribution < -0.4 is 5.32 Å². The molecule has 1 fully saturated rings. The maximum Gasteiger partial charge on any atom is 0.323 e. The molecule has 7 heteroatoms. The fraction of sp³-hybridized carbons (Fsp3) is 0.769. The molecule has 1 aliphatic heterocycles. The van der Waals surface area contributed by atoms with Crippen molar-refractivity contribution in [3.8, 4) is 0 Å². The number of carbonyl (C=O) groups excluding carboxylic acids is 2. The van der Waals surface area contributed by atoms with Crippen LogP contribution in [0.15, 0.2) is 0 Å². The summed E-state index contributed by atoms with van der Waals surface area (Å²) in [7, 11) is 1.35. The molecule has 0 aromatic rings. The van der Waals surface area contributed by atoms with E-state index in [0.29, 0.717) is 25.9 Å². The van der Waals surface area contributed by atoms with E-state index in [4.69, 9.17) is 9.84 Å². The molecule has 0 aromatic carbocycles. The van der Waals surface area contributed by atoms with Crippen molar-refractivity contribution in [1.29, 1.82) is 0 Å². The van der Waals surface area contributed by atoms with E-state index >= 15 is 0 Å². The van der Waals surface area contributed by atoms with Gasteiger partial charge >= 0.3 is 11.9 Å². The highest BCUT2D eigenvalue weighted by molar-refractivity contribution is 5.80. The molecule has 0 aromatic heterocycles. The Labute approximate surface area is 118 Å². The summed E-state index contributed by atoms with van der Waals surface area (Å²) in [5.74, 6) is -1.37. The summed E-state index contributed by atoms with van der Waals surface area (Å²) in [5.41, 5.74) is 0. The van der Waals surface area contributed by atoms with E-state index in [-0.39, 0.29) is 30.9 Å². The number of hydrogen-bond donors (Lipinski definition) is 2. The van der Waals surface area contributed by atoms with Gasteiger partial charge in [-0.1, -0.05) is 6.42 Å². The van der Waals surface area contributed by atoms with Gasteiger partial charge in [-0.05, 0) is 25.8 Å². The fourth-order valence-electron chi connectivity index (χ4n) is 2.29. The second kappa shape index (κ2) is 8.52. The van der Waals surface area contributed by atoms with E-state index in [1.54, 1.807) is 0 Å². The average molecular weight is 286 g/mol. The summed E-state index contributed by atoms with van der Waals surface area (Å²) in [5, 5.41) is 11.2. The molecule has 0 radical (unpaired) electrons. The Morgan fingerprint density at radius 1 is 1.35 bits per heavy atom. The Morgan fingerprint density at radius 2 is 2.10 bits per heavy atom. The third-order valence-corrected chi connectivity index (χ3v) is 3.32. The molecule has 1 rings (SSSR count). The quantitative estimate of drug-likeness (QED) is 0.505. The number of ether oxygens (including phenoxy) is 1. The van der Waals surface area contributed by atoms with Crippen LogP contribution in [0.2, 0.25) is 0 Å². The first-order valence-electron chi connectivity index (χ1n) is 6.85. The van der Waals surface area contributed by atoms with Crippen molar-refractivity contribution in [2.75, 3.05) is 26.7 Å². The smallest absolute Gasteiger partial charge is 0.323 e. The molecule has 2 N–H and O–H groups in total. The topological polar surface area (TPSA) is 95.9 Å². The predicted octanol–water partition coefficient (Wildman–Crippen LogP) is -0.00510. The minimum atomic E-state index is -0.874. The summed E-state index contributed by atoms with van der Waals surface area (Å²) in [6, 6.07) is -0.349. The highest BCUT2D eigenvalue weighted by atomic mass is 16.5. The normalized spacial score (nSPS) is 19.4. The molecule has 1 amide bonds. The van der Waals surface area contributed by atoms with Crippen molar-refractivity contribution in [3.05, 3.63) is 0 Å². The number of carboxylic acid groups (broad SMARTS) is 1. The third kappa shape index (κ3) is 5.56. The Balaban J connectivity index is 2.34. The van der Waals surface area contributed by atoms with E-state index in [2.05, 4.69) is 5.32 Å². The molecule has 1 heterocycles. The molecule has 1 saturated heterocycles. The number of nitrogens with one attached hydrogen (secondary N) is 1. The lowest BCUT2D eigenvalue weighted by Crippen LogP contribution is -2.49. The Kier molecular flexibility index (Phi) is 7.00. The largest absolute Gasteiger partial charge is 0.481 e. The summed E-state index contributed by atoms with van der Waals surface area (Å²) in [4.78, 5) is 35.6. The number of rotatable bonds is 7. The highest BCUT2D eigenvalue weighted by Crippen LogP contribution is 2.17. The average Bonchev–Trinajstić information content (AvgIpc) is 2.43. The molecule has 0 unspecified atom stereocenters. The lowest BCUT2D eigenvalue weighted by atomic mass is 10.0. The Hall–Kier alpha value is -1.63. The molecular formula is C13H22N2O5. The number of aliphatic carboxylic acids is 1. The van der Waals surface area contributed by atoms with E-state index in [1.807, 2.05) is 4.90 Å². The van der Waals surface area contributed by atoms with E-state index in [9.17, 15) is 14.4 Å². The first kappa shape index (κ1) is 16.4. The lowest BCUT2D eigenvalue weighted by molar-refractivity contribution is -0.149. The third-order valence-electron chi connectivity index (χ3n) is 3.32. The number of methoxy groups -OCH3 is 1. The SMILES string of the molecule is COC(=O)[C@H]1CCCCN1CC(=O)NCCCC(=O)O. The van der Waals surface area contributed by atoms with Crippen LogP contribution in [-0.2, 0) is 19.1 Å². The monoisotopic (exact) mass is 286 g/mol. The number of carboxylic acids is 1. The lowest BCUT2D eigenvalue weighted by Gasteiger charge is -2.32. The molecule has 0 spiro atoms. The Bertz CT molecular complexity index is 359. The van der Waals surface area contributed by atoms with Crippen molar-refractivity contribution in [3.63, 3.8) is 0 Å². The van der Waals surface area contributed by atoms with Crippen molar-refractivity contribution >= 4 is 17.8 Å². The molecule has 20 heavy (non-hydrogen) atoms. The van der Waals surface area contributed by atoms with Crippen LogP contribution in [-0.4, -0.2) is 60.6 Å². The zero-order valence-corrected chi connectivity index (χ0v) is 11.8. The molecule has 114 valence electrons. The van der Waals surface area contributed by atoms with Gasteiger partial charge in [0, 0.05) is 13.0 Å². The van der Waals surface area contributed by atoms with Gasteiger partial charge in [-0.15, -0.1) is 0 Å². The van der Waals surface area contributed by atoms with Crippen LogP contribution in [0.25, 0.3) is 0 Å². The summed E-state index contributed by atoms with van der Waals surface area (Å²) < 4.78 is 4.75. The zero-order chi connectivity index (χ0) is 15.0. The van der Waals surface area contributed by atoms with E-state index in [1.165, 1.54) is 7.11 Å². The zero-order valence-electron chi connectivity index (χ0n) is 11.8. The van der Waals surface area contributed by atoms with Crippen molar-refractivity contribution in [2.45, 2.75) is 38.1 Å². The van der Waals surface area contributed by atoms with Gasteiger partial charge in [0.2, 0.25) is 5.91 Å². The van der Waals surface area contributed by atoms with Crippen LogP contribution in [0.5, 0.6) is 0 Å². The van der Waals surface area contributed by atoms with Gasteiger partial charge in [-0.3, -0.25) is 19.3 Å². The minimum absolute atomic E-state index is 0.0365. The van der Waals surface area contributed by atoms with Crippen molar-refractivity contribution < 1.29 is 24.2 Å². The van der Waals surface area contributed by atoms with Gasteiger partial charge in [0.15, 0.2) is 0 Å². The molecular weight excluding hydrogens is 264 g/mol. The van der Waals surface area contributed by atoms with Crippen LogP contribution >= 0.6 is 0 Å². The van der Waals surface area contributed by atoms with Gasteiger partial charge in [0.05, 0.1) is 13.7 Å². The van der Waals surface area contributed by atoms with Gasteiger partial charge in [0.25, 0.3) is 0 Å². The van der Waals surface area contributed by atoms with E-state index < -0.39 is 5.97 Å². The summed E-state index contributed by atoms with van der Waals surface area (Å²) >= 11 is 0. The maximum absolute atomic E-state index is 11.8. The van der Waals surface area contributed by atoms with Crippen LogP contribution in [0.3, 0.4) is 0 Å². The number of nitrogens with zero attached hydrogens (tertiary/aromatic N) is 1. The predicted molar refractivity (Wildman–Crippen MR) is 71.1 cm³/mol. The molecule has 0 saturated carbocycles. The first-order chi connectivity index (χ1) is 9.54.